The Balaban J connectivity index is 2.38. The van der Waals surface area contributed by atoms with E-state index in [0.29, 0.717) is 6.54 Å². The van der Waals surface area contributed by atoms with Crippen molar-refractivity contribution >= 4 is 11.6 Å². The summed E-state index contributed by atoms with van der Waals surface area (Å²) in [4.78, 5) is 15.9. The third-order valence-corrected chi connectivity index (χ3v) is 3.73. The van der Waals surface area contributed by atoms with Gasteiger partial charge in [0, 0.05) is 37.4 Å². The Labute approximate surface area is 120 Å². The lowest BCUT2D eigenvalue weighted by molar-refractivity contribution is -0.127. The molecule has 1 heterocycles. The fourth-order valence-corrected chi connectivity index (χ4v) is 2.64. The van der Waals surface area contributed by atoms with Crippen molar-refractivity contribution in [1.82, 2.24) is 4.90 Å². The fourth-order valence-electron chi connectivity index (χ4n) is 2.64. The Morgan fingerprint density at radius 2 is 2.10 bits per heavy atom. The normalized spacial score (nSPS) is 17.9. The molecule has 1 saturated heterocycles. The van der Waals surface area contributed by atoms with Crippen molar-refractivity contribution in [2.24, 2.45) is 5.73 Å². The lowest BCUT2D eigenvalue weighted by atomic mass is 10.0. The number of carbonyl (C=O) groups is 1. The third kappa shape index (κ3) is 2.88. The zero-order valence-corrected chi connectivity index (χ0v) is 12.4. The molecule has 1 amide bonds. The Hall–Kier alpha value is -1.75. The standard InChI is InChI=1S/C15H23N3O2/c1-11(16)15-12(6-4-7-13(15)20-3)18-9-5-8-17(2)14(19)10-18/h4,6-7,11H,5,8-10,16H2,1-3H3/t11-/m0/s1. The quantitative estimate of drug-likeness (QED) is 0.907. The number of methoxy groups -OCH3 is 1. The first-order valence-electron chi connectivity index (χ1n) is 6.96. The van der Waals surface area contributed by atoms with Gasteiger partial charge in [0.2, 0.25) is 5.91 Å². The van der Waals surface area contributed by atoms with Crippen LogP contribution in [-0.2, 0) is 4.79 Å². The van der Waals surface area contributed by atoms with E-state index in [0.717, 1.165) is 36.5 Å². The second kappa shape index (κ2) is 6.13. The van der Waals surface area contributed by atoms with E-state index in [4.69, 9.17) is 10.5 Å². The molecule has 1 aliphatic rings. The van der Waals surface area contributed by atoms with E-state index < -0.39 is 0 Å². The monoisotopic (exact) mass is 277 g/mol. The predicted molar refractivity (Wildman–Crippen MR) is 80.1 cm³/mol. The van der Waals surface area contributed by atoms with E-state index in [-0.39, 0.29) is 11.9 Å². The van der Waals surface area contributed by atoms with Crippen molar-refractivity contribution in [1.29, 1.82) is 0 Å². The van der Waals surface area contributed by atoms with Crippen LogP contribution in [0.5, 0.6) is 5.75 Å². The number of nitrogens with two attached hydrogens (primary N) is 1. The average molecular weight is 277 g/mol. The zero-order chi connectivity index (χ0) is 14.7. The topological polar surface area (TPSA) is 58.8 Å². The number of hydrogen-bond acceptors (Lipinski definition) is 4. The van der Waals surface area contributed by atoms with Crippen LogP contribution < -0.4 is 15.4 Å². The van der Waals surface area contributed by atoms with Gasteiger partial charge in [-0.2, -0.15) is 0 Å². The summed E-state index contributed by atoms with van der Waals surface area (Å²) in [5.41, 5.74) is 8.06. The van der Waals surface area contributed by atoms with Gasteiger partial charge in [-0.15, -0.1) is 0 Å². The summed E-state index contributed by atoms with van der Waals surface area (Å²) in [6.45, 7) is 3.98. The van der Waals surface area contributed by atoms with Crippen LogP contribution in [0.4, 0.5) is 5.69 Å². The summed E-state index contributed by atoms with van der Waals surface area (Å²) >= 11 is 0. The molecule has 0 aromatic heterocycles. The molecule has 1 aromatic rings. The Morgan fingerprint density at radius 3 is 2.75 bits per heavy atom. The number of amides is 1. The molecule has 1 aliphatic heterocycles. The highest BCUT2D eigenvalue weighted by Crippen LogP contribution is 2.34. The largest absolute Gasteiger partial charge is 0.496 e. The molecule has 0 spiro atoms. The molecule has 0 bridgehead atoms. The van der Waals surface area contributed by atoms with Crippen LogP contribution in [0.2, 0.25) is 0 Å². The van der Waals surface area contributed by atoms with Gasteiger partial charge < -0.3 is 20.3 Å². The molecule has 0 unspecified atom stereocenters. The molecule has 2 N–H and O–H groups in total. The summed E-state index contributed by atoms with van der Waals surface area (Å²) in [5.74, 6) is 0.920. The number of rotatable bonds is 3. The van der Waals surface area contributed by atoms with Gasteiger partial charge in [0.1, 0.15) is 5.75 Å². The molecule has 2 rings (SSSR count). The molecular weight excluding hydrogens is 254 g/mol. The minimum atomic E-state index is -0.141. The van der Waals surface area contributed by atoms with Crippen LogP contribution in [0.1, 0.15) is 24.9 Å². The maximum absolute atomic E-state index is 12.1. The van der Waals surface area contributed by atoms with Crippen LogP contribution in [0.3, 0.4) is 0 Å². The van der Waals surface area contributed by atoms with Crippen molar-refractivity contribution in [2.45, 2.75) is 19.4 Å². The summed E-state index contributed by atoms with van der Waals surface area (Å²) in [7, 11) is 3.50. The second-order valence-corrected chi connectivity index (χ2v) is 5.27. The highest BCUT2D eigenvalue weighted by atomic mass is 16.5. The summed E-state index contributed by atoms with van der Waals surface area (Å²) < 4.78 is 5.42. The van der Waals surface area contributed by atoms with Gasteiger partial charge in [-0.25, -0.2) is 0 Å². The molecule has 5 nitrogen and oxygen atoms in total. The predicted octanol–water partition coefficient (Wildman–Crippen LogP) is 1.38. The highest BCUT2D eigenvalue weighted by molar-refractivity contribution is 5.82. The number of nitrogens with zero attached hydrogens (tertiary/aromatic N) is 2. The molecule has 1 aromatic carbocycles. The van der Waals surface area contributed by atoms with Crippen molar-refractivity contribution in [3.8, 4) is 5.75 Å². The average Bonchev–Trinajstić information content (AvgIpc) is 2.60. The van der Waals surface area contributed by atoms with E-state index in [1.165, 1.54) is 0 Å². The summed E-state index contributed by atoms with van der Waals surface area (Å²) in [6.07, 6.45) is 0.956. The Bertz CT molecular complexity index is 488. The molecule has 0 radical (unpaired) electrons. The van der Waals surface area contributed by atoms with Crippen LogP contribution in [0.15, 0.2) is 18.2 Å². The van der Waals surface area contributed by atoms with Crippen molar-refractivity contribution < 1.29 is 9.53 Å². The van der Waals surface area contributed by atoms with E-state index in [1.807, 2.05) is 32.2 Å². The van der Waals surface area contributed by atoms with Crippen molar-refractivity contribution in [2.75, 3.05) is 38.7 Å². The van der Waals surface area contributed by atoms with Gasteiger partial charge in [0.05, 0.1) is 13.7 Å². The first-order chi connectivity index (χ1) is 9.54. The first kappa shape index (κ1) is 14.7. The van der Waals surface area contributed by atoms with Crippen molar-refractivity contribution in [3.63, 3.8) is 0 Å². The van der Waals surface area contributed by atoms with E-state index in [1.54, 1.807) is 12.0 Å². The van der Waals surface area contributed by atoms with E-state index >= 15 is 0 Å². The Kier molecular flexibility index (Phi) is 4.49. The van der Waals surface area contributed by atoms with Gasteiger partial charge in [-0.1, -0.05) is 6.07 Å². The first-order valence-corrected chi connectivity index (χ1v) is 6.96. The highest BCUT2D eigenvalue weighted by Gasteiger charge is 2.23. The van der Waals surface area contributed by atoms with Gasteiger partial charge >= 0.3 is 0 Å². The molecule has 5 heteroatoms. The lowest BCUT2D eigenvalue weighted by Gasteiger charge is -2.27. The lowest BCUT2D eigenvalue weighted by Crippen LogP contribution is -2.35. The molecule has 0 saturated carbocycles. The third-order valence-electron chi connectivity index (χ3n) is 3.73. The zero-order valence-electron chi connectivity index (χ0n) is 12.4. The molecule has 0 aliphatic carbocycles. The van der Waals surface area contributed by atoms with E-state index in [2.05, 4.69) is 4.90 Å². The maximum Gasteiger partial charge on any atom is 0.241 e. The molecule has 110 valence electrons. The van der Waals surface area contributed by atoms with Crippen LogP contribution >= 0.6 is 0 Å². The number of hydrogen-bond donors (Lipinski definition) is 1. The minimum absolute atomic E-state index is 0.140. The maximum atomic E-state index is 12.1. The van der Waals surface area contributed by atoms with E-state index in [9.17, 15) is 4.79 Å². The SMILES string of the molecule is COc1cccc(N2CCCN(C)C(=O)C2)c1[C@H](C)N. The molecular formula is C15H23N3O2. The minimum Gasteiger partial charge on any atom is -0.496 e. The number of carbonyl (C=O) groups excluding carboxylic acids is 1. The molecule has 1 fully saturated rings. The van der Waals surface area contributed by atoms with Crippen molar-refractivity contribution in [3.05, 3.63) is 23.8 Å². The van der Waals surface area contributed by atoms with Crippen LogP contribution in [-0.4, -0.2) is 44.6 Å². The smallest absolute Gasteiger partial charge is 0.241 e. The van der Waals surface area contributed by atoms with Crippen LogP contribution in [0.25, 0.3) is 0 Å². The van der Waals surface area contributed by atoms with Crippen LogP contribution in [0, 0.1) is 0 Å². The van der Waals surface area contributed by atoms with Gasteiger partial charge in [0.15, 0.2) is 0 Å². The van der Waals surface area contributed by atoms with Gasteiger partial charge in [-0.05, 0) is 25.5 Å². The number of ether oxygens (including phenoxy) is 1. The van der Waals surface area contributed by atoms with Gasteiger partial charge in [0.25, 0.3) is 0 Å². The number of benzene rings is 1. The Morgan fingerprint density at radius 1 is 1.35 bits per heavy atom. The summed E-state index contributed by atoms with van der Waals surface area (Å²) in [5, 5.41) is 0. The summed E-state index contributed by atoms with van der Waals surface area (Å²) in [6, 6.07) is 5.73. The number of anilines is 1. The molecule has 1 atom stereocenters. The fraction of sp³-hybridized carbons (Fsp3) is 0.533. The van der Waals surface area contributed by atoms with Gasteiger partial charge in [-0.3, -0.25) is 4.79 Å². The second-order valence-electron chi connectivity index (χ2n) is 5.27. The number of likely N-dealkylation sites (N-methyl/N-ethyl adjacent to an activating group) is 1. The molecule has 20 heavy (non-hydrogen) atoms.